The third-order valence-electron chi connectivity index (χ3n) is 7.10. The van der Waals surface area contributed by atoms with Crippen molar-refractivity contribution in [2.75, 3.05) is 23.7 Å². The first-order chi connectivity index (χ1) is 20.5. The fourth-order valence-electron chi connectivity index (χ4n) is 4.71. The van der Waals surface area contributed by atoms with Gasteiger partial charge >= 0.3 is 0 Å². The lowest BCUT2D eigenvalue weighted by Crippen LogP contribution is -2.52. The Bertz CT molecular complexity index is 1430. The van der Waals surface area contributed by atoms with E-state index < -0.39 is 16.1 Å². The minimum atomic E-state index is -3.61. The van der Waals surface area contributed by atoms with Gasteiger partial charge in [0.2, 0.25) is 21.8 Å². The Morgan fingerprint density at radius 1 is 0.953 bits per heavy atom. The molecule has 43 heavy (non-hydrogen) atoms. The van der Waals surface area contributed by atoms with Crippen LogP contribution in [0.5, 0.6) is 5.75 Å². The molecule has 0 aliphatic heterocycles. The van der Waals surface area contributed by atoms with Crippen molar-refractivity contribution in [2.45, 2.75) is 65.1 Å². The van der Waals surface area contributed by atoms with Crippen molar-refractivity contribution in [3.05, 3.63) is 95.0 Å². The topological polar surface area (TPSA) is 96.0 Å². The molecule has 3 rings (SSSR count). The van der Waals surface area contributed by atoms with Crippen LogP contribution in [0.2, 0.25) is 5.02 Å². The maximum absolute atomic E-state index is 13.9. The Hall–Kier alpha value is -3.56. The molecule has 0 spiro atoms. The molecule has 1 N–H and O–H groups in total. The van der Waals surface area contributed by atoms with Crippen molar-refractivity contribution in [2.24, 2.45) is 0 Å². The summed E-state index contributed by atoms with van der Waals surface area (Å²) >= 11 is 6.26. The van der Waals surface area contributed by atoms with E-state index in [2.05, 4.69) is 5.32 Å². The molecule has 0 unspecified atom stereocenters. The Kier molecular flexibility index (Phi) is 12.9. The van der Waals surface area contributed by atoms with E-state index in [-0.39, 0.29) is 43.8 Å². The van der Waals surface area contributed by atoms with Crippen LogP contribution in [-0.4, -0.2) is 56.6 Å². The highest BCUT2D eigenvalue weighted by Gasteiger charge is 2.31. The lowest BCUT2D eigenvalue weighted by Gasteiger charge is -2.32. The van der Waals surface area contributed by atoms with E-state index in [1.807, 2.05) is 63.2 Å². The molecule has 3 aromatic rings. The third-order valence-corrected chi connectivity index (χ3v) is 8.53. The van der Waals surface area contributed by atoms with Gasteiger partial charge in [-0.05, 0) is 74.2 Å². The van der Waals surface area contributed by atoms with Gasteiger partial charge in [0.05, 0.1) is 18.6 Å². The van der Waals surface area contributed by atoms with Gasteiger partial charge in [0.15, 0.2) is 0 Å². The summed E-state index contributed by atoms with van der Waals surface area (Å²) in [4.78, 5) is 29.2. The largest absolute Gasteiger partial charge is 0.494 e. The number of carbonyl (C=O) groups excluding carboxylic acids is 2. The van der Waals surface area contributed by atoms with Gasteiger partial charge in [-0.3, -0.25) is 13.9 Å². The summed E-state index contributed by atoms with van der Waals surface area (Å²) in [5, 5.41) is 3.59. The van der Waals surface area contributed by atoms with Gasteiger partial charge < -0.3 is 15.0 Å². The monoisotopic (exact) mass is 627 g/mol. The van der Waals surface area contributed by atoms with E-state index in [4.69, 9.17) is 16.3 Å². The highest BCUT2D eigenvalue weighted by atomic mass is 35.5. The fourth-order valence-corrected chi connectivity index (χ4v) is 5.88. The highest BCUT2D eigenvalue weighted by Crippen LogP contribution is 2.23. The lowest BCUT2D eigenvalue weighted by atomic mass is 10.0. The number of anilines is 1. The van der Waals surface area contributed by atoms with E-state index >= 15 is 0 Å². The fraction of sp³-hybridized carbons (Fsp3) is 0.394. The molecule has 0 heterocycles. The molecule has 232 valence electrons. The zero-order valence-corrected chi connectivity index (χ0v) is 26.9. The van der Waals surface area contributed by atoms with Crippen molar-refractivity contribution in [1.82, 2.24) is 10.2 Å². The first-order valence-corrected chi connectivity index (χ1v) is 16.8. The molecule has 10 heteroatoms. The van der Waals surface area contributed by atoms with Gasteiger partial charge in [0.1, 0.15) is 11.8 Å². The smallest absolute Gasteiger partial charge is 0.243 e. The average molecular weight is 628 g/mol. The number of ether oxygens (including phenoxy) is 1. The van der Waals surface area contributed by atoms with Crippen LogP contribution in [0.4, 0.5) is 5.69 Å². The predicted octanol–water partition coefficient (Wildman–Crippen LogP) is 5.84. The molecule has 3 aromatic carbocycles. The van der Waals surface area contributed by atoms with Crippen LogP contribution in [0, 0.1) is 0 Å². The Morgan fingerprint density at radius 3 is 2.23 bits per heavy atom. The lowest BCUT2D eigenvalue weighted by molar-refractivity contribution is -0.141. The van der Waals surface area contributed by atoms with Gasteiger partial charge in [0.25, 0.3) is 0 Å². The number of nitrogens with one attached hydrogen (secondary N) is 1. The number of hydrogen-bond acceptors (Lipinski definition) is 5. The average Bonchev–Trinajstić information content (AvgIpc) is 2.97. The Morgan fingerprint density at radius 2 is 1.63 bits per heavy atom. The number of carbonyl (C=O) groups is 2. The van der Waals surface area contributed by atoms with Crippen LogP contribution in [0.3, 0.4) is 0 Å². The van der Waals surface area contributed by atoms with E-state index in [1.165, 1.54) is 4.31 Å². The predicted molar refractivity (Wildman–Crippen MR) is 173 cm³/mol. The van der Waals surface area contributed by atoms with Crippen LogP contribution in [0.25, 0.3) is 0 Å². The second-order valence-electron chi connectivity index (χ2n) is 10.5. The molecule has 0 fully saturated rings. The van der Waals surface area contributed by atoms with Crippen LogP contribution in [0.1, 0.15) is 51.2 Å². The normalized spacial score (nSPS) is 12.7. The summed E-state index contributed by atoms with van der Waals surface area (Å²) in [6, 6.07) is 22.8. The van der Waals surface area contributed by atoms with Crippen LogP contribution in [0.15, 0.2) is 78.9 Å². The zero-order chi connectivity index (χ0) is 31.4. The number of rotatable bonds is 16. The van der Waals surface area contributed by atoms with Gasteiger partial charge in [-0.2, -0.15) is 0 Å². The van der Waals surface area contributed by atoms with Crippen LogP contribution in [-0.2, 0) is 32.6 Å². The first-order valence-electron chi connectivity index (χ1n) is 14.6. The van der Waals surface area contributed by atoms with Gasteiger partial charge in [-0.15, -0.1) is 0 Å². The second-order valence-corrected chi connectivity index (χ2v) is 12.9. The summed E-state index contributed by atoms with van der Waals surface area (Å²) in [5.41, 5.74) is 2.21. The SMILES string of the molecule is CCOc1ccc(N(CCCC(=O)N(Cc2cccc(Cl)c2)[C@@H](Cc2ccccc2)C(=O)N[C@@H](C)CC)S(C)(=O)=O)cc1. The molecule has 0 bridgehead atoms. The standard InChI is InChI=1S/C33H42ClN3O5S/c1-5-25(3)35-33(39)31(23-26-12-8-7-9-13-26)36(24-27-14-10-15-28(34)22-27)32(38)16-11-21-37(43(4,40)41)29-17-19-30(20-18-29)42-6-2/h7-10,12-15,17-20,22,25,31H,5-6,11,16,21,23-24H2,1-4H3,(H,35,39)/t25-,31-/m0/s1. The Labute approximate surface area is 261 Å². The first kappa shape index (κ1) is 33.9. The van der Waals surface area contributed by atoms with Crippen molar-refractivity contribution in [1.29, 1.82) is 0 Å². The van der Waals surface area contributed by atoms with Crippen LogP contribution >= 0.6 is 11.6 Å². The van der Waals surface area contributed by atoms with E-state index in [0.29, 0.717) is 29.5 Å². The van der Waals surface area contributed by atoms with Crippen molar-refractivity contribution >= 4 is 39.1 Å². The van der Waals surface area contributed by atoms with E-state index in [9.17, 15) is 18.0 Å². The summed E-state index contributed by atoms with van der Waals surface area (Å²) < 4.78 is 32.1. The number of nitrogens with zero attached hydrogens (tertiary/aromatic N) is 2. The maximum Gasteiger partial charge on any atom is 0.243 e. The third kappa shape index (κ3) is 10.6. The molecular formula is C33H42ClN3O5S. The molecule has 0 saturated carbocycles. The van der Waals surface area contributed by atoms with Crippen molar-refractivity contribution < 1.29 is 22.7 Å². The minimum Gasteiger partial charge on any atom is -0.494 e. The highest BCUT2D eigenvalue weighted by molar-refractivity contribution is 7.92. The molecule has 0 aliphatic rings. The number of halogens is 1. The minimum absolute atomic E-state index is 0.0471. The quantitative estimate of drug-likeness (QED) is 0.215. The summed E-state index contributed by atoms with van der Waals surface area (Å²) in [6.07, 6.45) is 2.53. The van der Waals surface area contributed by atoms with E-state index in [0.717, 1.165) is 23.8 Å². The second kappa shape index (κ2) is 16.3. The molecular weight excluding hydrogens is 586 g/mol. The van der Waals surface area contributed by atoms with Crippen molar-refractivity contribution in [3.63, 3.8) is 0 Å². The number of sulfonamides is 1. The van der Waals surface area contributed by atoms with E-state index in [1.54, 1.807) is 41.3 Å². The molecule has 0 saturated heterocycles. The molecule has 8 nitrogen and oxygen atoms in total. The molecule has 0 aliphatic carbocycles. The van der Waals surface area contributed by atoms with Gasteiger partial charge in [-0.1, -0.05) is 61.0 Å². The molecule has 0 aromatic heterocycles. The molecule has 0 radical (unpaired) electrons. The Balaban J connectivity index is 1.87. The van der Waals surface area contributed by atoms with Crippen molar-refractivity contribution in [3.8, 4) is 5.75 Å². The van der Waals surface area contributed by atoms with Gasteiger partial charge in [-0.25, -0.2) is 8.42 Å². The number of hydrogen-bond donors (Lipinski definition) is 1. The van der Waals surface area contributed by atoms with Gasteiger partial charge in [0, 0.05) is 37.0 Å². The number of amides is 2. The molecule has 2 amide bonds. The summed E-state index contributed by atoms with van der Waals surface area (Å²) in [7, 11) is -3.61. The number of benzene rings is 3. The molecule has 2 atom stereocenters. The summed E-state index contributed by atoms with van der Waals surface area (Å²) in [5.74, 6) is 0.160. The van der Waals surface area contributed by atoms with Crippen LogP contribution < -0.4 is 14.4 Å². The maximum atomic E-state index is 13.9. The summed E-state index contributed by atoms with van der Waals surface area (Å²) in [6.45, 7) is 6.59. The zero-order valence-electron chi connectivity index (χ0n) is 25.3.